The predicted octanol–water partition coefficient (Wildman–Crippen LogP) is 3.31. The molecule has 1 heterocycles. The summed E-state index contributed by atoms with van der Waals surface area (Å²) in [5.41, 5.74) is 4.92. The van der Waals surface area contributed by atoms with E-state index in [-0.39, 0.29) is 5.91 Å². The van der Waals surface area contributed by atoms with Crippen molar-refractivity contribution in [3.63, 3.8) is 0 Å². The number of hydrogen-bond acceptors (Lipinski definition) is 3. The van der Waals surface area contributed by atoms with Crippen LogP contribution in [0.5, 0.6) is 11.5 Å². The van der Waals surface area contributed by atoms with Gasteiger partial charge in [0.1, 0.15) is 13.2 Å². The van der Waals surface area contributed by atoms with Gasteiger partial charge in [0.05, 0.1) is 0 Å². The Labute approximate surface area is 136 Å². The Morgan fingerprint density at radius 2 is 1.65 bits per heavy atom. The van der Waals surface area contributed by atoms with Crippen LogP contribution in [0.2, 0.25) is 0 Å². The van der Waals surface area contributed by atoms with Crippen molar-refractivity contribution in [3.05, 3.63) is 58.1 Å². The lowest BCUT2D eigenvalue weighted by Gasteiger charge is -2.19. The quantitative estimate of drug-likeness (QED) is 0.946. The van der Waals surface area contributed by atoms with E-state index >= 15 is 0 Å². The molecule has 4 heteroatoms. The van der Waals surface area contributed by atoms with Crippen molar-refractivity contribution in [2.75, 3.05) is 13.2 Å². The summed E-state index contributed by atoms with van der Waals surface area (Å²) in [6.45, 7) is 7.58. The van der Waals surface area contributed by atoms with Gasteiger partial charge in [0.15, 0.2) is 11.5 Å². The monoisotopic (exact) mass is 311 g/mol. The van der Waals surface area contributed by atoms with Gasteiger partial charge in [0.25, 0.3) is 5.91 Å². The van der Waals surface area contributed by atoms with Gasteiger partial charge in [-0.15, -0.1) is 0 Å². The van der Waals surface area contributed by atoms with Crippen LogP contribution in [-0.2, 0) is 6.54 Å². The van der Waals surface area contributed by atoms with Crippen LogP contribution in [0.4, 0.5) is 0 Å². The van der Waals surface area contributed by atoms with Gasteiger partial charge < -0.3 is 14.8 Å². The number of rotatable bonds is 3. The topological polar surface area (TPSA) is 47.6 Å². The minimum absolute atomic E-state index is 0.0464. The van der Waals surface area contributed by atoms with Crippen molar-refractivity contribution >= 4 is 5.91 Å². The van der Waals surface area contributed by atoms with E-state index in [1.807, 2.05) is 51.1 Å². The lowest BCUT2D eigenvalue weighted by molar-refractivity contribution is 0.0949. The summed E-state index contributed by atoms with van der Waals surface area (Å²) in [7, 11) is 0. The molecular formula is C19H21NO3. The summed E-state index contributed by atoms with van der Waals surface area (Å²) in [5.74, 6) is 1.46. The van der Waals surface area contributed by atoms with E-state index in [0.29, 0.717) is 19.8 Å². The summed E-state index contributed by atoms with van der Waals surface area (Å²) in [5, 5.41) is 2.99. The minimum atomic E-state index is -0.0464. The second-order valence-corrected chi connectivity index (χ2v) is 5.93. The number of carbonyl (C=O) groups excluding carboxylic acids is 1. The minimum Gasteiger partial charge on any atom is -0.486 e. The Balaban J connectivity index is 1.72. The number of hydrogen-bond donors (Lipinski definition) is 1. The molecule has 0 aliphatic carbocycles. The molecule has 3 rings (SSSR count). The molecule has 1 amide bonds. The van der Waals surface area contributed by atoms with Crippen molar-refractivity contribution in [1.29, 1.82) is 0 Å². The normalized spacial score (nSPS) is 12.8. The van der Waals surface area contributed by atoms with E-state index in [1.165, 1.54) is 5.56 Å². The van der Waals surface area contributed by atoms with Crippen LogP contribution in [0.3, 0.4) is 0 Å². The van der Waals surface area contributed by atoms with Crippen LogP contribution in [-0.4, -0.2) is 19.1 Å². The summed E-state index contributed by atoms with van der Waals surface area (Å²) < 4.78 is 11.1. The third kappa shape index (κ3) is 3.31. The molecule has 0 spiro atoms. The van der Waals surface area contributed by atoms with Crippen LogP contribution in [0.1, 0.15) is 32.6 Å². The fourth-order valence-corrected chi connectivity index (χ4v) is 3.01. The number of benzene rings is 2. The lowest BCUT2D eigenvalue weighted by atomic mass is 9.99. The average Bonchev–Trinajstić information content (AvgIpc) is 2.51. The Bertz CT molecular complexity index is 729. The molecule has 0 saturated heterocycles. The standard InChI is InChI=1S/C19H21NO3/c1-12-8-13(2)18(14(3)9-12)19(21)20-11-15-4-5-16-17(10-15)23-7-6-22-16/h4-5,8-10H,6-7,11H2,1-3H3,(H,20,21). The zero-order valence-electron chi connectivity index (χ0n) is 13.7. The molecule has 0 bridgehead atoms. The number of amides is 1. The predicted molar refractivity (Wildman–Crippen MR) is 89.3 cm³/mol. The smallest absolute Gasteiger partial charge is 0.252 e. The first kappa shape index (κ1) is 15.4. The third-order valence-corrected chi connectivity index (χ3v) is 3.96. The second kappa shape index (κ2) is 6.32. The number of fused-ring (bicyclic) bond motifs is 1. The van der Waals surface area contributed by atoms with Crippen molar-refractivity contribution in [2.24, 2.45) is 0 Å². The van der Waals surface area contributed by atoms with E-state index in [9.17, 15) is 4.79 Å². The number of carbonyl (C=O) groups is 1. The van der Waals surface area contributed by atoms with Gasteiger partial charge in [-0.05, 0) is 49.6 Å². The van der Waals surface area contributed by atoms with Gasteiger partial charge in [-0.2, -0.15) is 0 Å². The second-order valence-electron chi connectivity index (χ2n) is 5.93. The van der Waals surface area contributed by atoms with Gasteiger partial charge in [-0.1, -0.05) is 23.8 Å². The Morgan fingerprint density at radius 1 is 1.00 bits per heavy atom. The molecule has 120 valence electrons. The van der Waals surface area contributed by atoms with E-state index in [2.05, 4.69) is 5.32 Å². The van der Waals surface area contributed by atoms with Gasteiger partial charge in [0, 0.05) is 12.1 Å². The van der Waals surface area contributed by atoms with E-state index in [0.717, 1.165) is 33.8 Å². The fraction of sp³-hybridized carbons (Fsp3) is 0.316. The zero-order chi connectivity index (χ0) is 16.4. The Morgan fingerprint density at radius 3 is 2.35 bits per heavy atom. The number of ether oxygens (including phenoxy) is 2. The first-order chi connectivity index (χ1) is 11.0. The molecular weight excluding hydrogens is 290 g/mol. The van der Waals surface area contributed by atoms with Crippen molar-refractivity contribution in [3.8, 4) is 11.5 Å². The molecule has 0 radical (unpaired) electrons. The molecule has 2 aromatic rings. The van der Waals surface area contributed by atoms with E-state index in [4.69, 9.17) is 9.47 Å². The molecule has 0 aromatic heterocycles. The Hall–Kier alpha value is -2.49. The first-order valence-electron chi connectivity index (χ1n) is 7.79. The first-order valence-corrected chi connectivity index (χ1v) is 7.79. The highest BCUT2D eigenvalue weighted by Crippen LogP contribution is 2.30. The molecule has 0 unspecified atom stereocenters. The van der Waals surface area contributed by atoms with E-state index < -0.39 is 0 Å². The molecule has 2 aromatic carbocycles. The zero-order valence-corrected chi connectivity index (χ0v) is 13.7. The van der Waals surface area contributed by atoms with Crippen molar-refractivity contribution < 1.29 is 14.3 Å². The van der Waals surface area contributed by atoms with Gasteiger partial charge in [-0.3, -0.25) is 4.79 Å². The molecule has 23 heavy (non-hydrogen) atoms. The fourth-order valence-electron chi connectivity index (χ4n) is 3.01. The van der Waals surface area contributed by atoms with Crippen LogP contribution >= 0.6 is 0 Å². The average molecular weight is 311 g/mol. The van der Waals surface area contributed by atoms with Crippen molar-refractivity contribution in [2.45, 2.75) is 27.3 Å². The largest absolute Gasteiger partial charge is 0.486 e. The maximum atomic E-state index is 12.5. The highest BCUT2D eigenvalue weighted by molar-refractivity contribution is 5.97. The molecule has 0 atom stereocenters. The van der Waals surface area contributed by atoms with Crippen LogP contribution in [0.15, 0.2) is 30.3 Å². The van der Waals surface area contributed by atoms with Crippen molar-refractivity contribution in [1.82, 2.24) is 5.32 Å². The molecule has 1 aliphatic rings. The lowest BCUT2D eigenvalue weighted by Crippen LogP contribution is -2.25. The van der Waals surface area contributed by atoms with Crippen LogP contribution in [0.25, 0.3) is 0 Å². The third-order valence-electron chi connectivity index (χ3n) is 3.96. The molecule has 1 N–H and O–H groups in total. The summed E-state index contributed by atoms with van der Waals surface area (Å²) in [6.07, 6.45) is 0. The summed E-state index contributed by atoms with van der Waals surface area (Å²) in [6, 6.07) is 9.82. The highest BCUT2D eigenvalue weighted by Gasteiger charge is 2.14. The number of aryl methyl sites for hydroxylation is 3. The van der Waals surface area contributed by atoms with E-state index in [1.54, 1.807) is 0 Å². The summed E-state index contributed by atoms with van der Waals surface area (Å²) in [4.78, 5) is 12.5. The number of nitrogens with one attached hydrogen (secondary N) is 1. The van der Waals surface area contributed by atoms with Gasteiger partial charge in [-0.25, -0.2) is 0 Å². The van der Waals surface area contributed by atoms with Gasteiger partial charge >= 0.3 is 0 Å². The molecule has 1 aliphatic heterocycles. The maximum Gasteiger partial charge on any atom is 0.252 e. The highest BCUT2D eigenvalue weighted by atomic mass is 16.6. The molecule has 0 fully saturated rings. The maximum absolute atomic E-state index is 12.5. The van der Waals surface area contributed by atoms with Crippen LogP contribution < -0.4 is 14.8 Å². The Kier molecular flexibility index (Phi) is 4.24. The molecule has 0 saturated carbocycles. The summed E-state index contributed by atoms with van der Waals surface area (Å²) >= 11 is 0. The van der Waals surface area contributed by atoms with Crippen LogP contribution in [0, 0.1) is 20.8 Å². The SMILES string of the molecule is Cc1cc(C)c(C(=O)NCc2ccc3c(c2)OCCO3)c(C)c1. The van der Waals surface area contributed by atoms with Gasteiger partial charge in [0.2, 0.25) is 0 Å². The molecule has 4 nitrogen and oxygen atoms in total.